The molecule has 0 atom stereocenters. The van der Waals surface area contributed by atoms with E-state index in [0.717, 1.165) is 35.5 Å². The molecular formula is C24H18O2. The zero-order valence-electron chi connectivity index (χ0n) is 14.4. The third kappa shape index (κ3) is 2.45. The predicted molar refractivity (Wildman–Crippen MR) is 106 cm³/mol. The van der Waals surface area contributed by atoms with Crippen LogP contribution in [0.2, 0.25) is 0 Å². The lowest BCUT2D eigenvalue weighted by molar-refractivity contribution is 0.358. The summed E-state index contributed by atoms with van der Waals surface area (Å²) >= 11 is 0. The summed E-state index contributed by atoms with van der Waals surface area (Å²) < 4.78 is 12.2. The van der Waals surface area contributed by atoms with Crippen molar-refractivity contribution in [3.05, 3.63) is 65.7 Å². The van der Waals surface area contributed by atoms with Crippen LogP contribution in [0.3, 0.4) is 0 Å². The standard InChI is InChI=1S/C24H18O2/c1-3-9-19-17(7-1)11-13-21-23(19)24-20-10-4-2-8-18(20)12-14-22(24)26-16-6-5-15-25-21/h1-3,7-9,11-14H,4,10,15-16H2. The summed E-state index contributed by atoms with van der Waals surface area (Å²) in [4.78, 5) is 0. The van der Waals surface area contributed by atoms with Gasteiger partial charge in [0.05, 0.1) is 0 Å². The summed E-state index contributed by atoms with van der Waals surface area (Å²) in [6, 6.07) is 16.8. The number of hydrogen-bond donors (Lipinski definition) is 0. The first-order chi connectivity index (χ1) is 12.9. The first kappa shape index (κ1) is 15.1. The Bertz CT molecular complexity index is 1100. The molecule has 126 valence electrons. The molecule has 1 heterocycles. The van der Waals surface area contributed by atoms with Gasteiger partial charge in [-0.3, -0.25) is 0 Å². The Morgan fingerprint density at radius 2 is 1.54 bits per heavy atom. The molecule has 1 aliphatic carbocycles. The van der Waals surface area contributed by atoms with Crippen molar-refractivity contribution in [2.75, 3.05) is 13.2 Å². The Morgan fingerprint density at radius 1 is 0.769 bits per heavy atom. The topological polar surface area (TPSA) is 18.5 Å². The maximum absolute atomic E-state index is 6.08. The van der Waals surface area contributed by atoms with Crippen LogP contribution in [0, 0.1) is 11.8 Å². The van der Waals surface area contributed by atoms with E-state index in [4.69, 9.17) is 9.47 Å². The second-order valence-corrected chi connectivity index (χ2v) is 6.54. The molecule has 2 nitrogen and oxygen atoms in total. The summed E-state index contributed by atoms with van der Waals surface area (Å²) in [7, 11) is 0. The number of fused-ring (bicyclic) bond motifs is 7. The van der Waals surface area contributed by atoms with Gasteiger partial charge in [0.1, 0.15) is 24.7 Å². The zero-order chi connectivity index (χ0) is 17.3. The number of ether oxygens (including phenoxy) is 2. The third-order valence-electron chi connectivity index (χ3n) is 5.03. The molecule has 0 N–H and O–H groups in total. The molecule has 5 rings (SSSR count). The Kier molecular flexibility index (Phi) is 3.65. The van der Waals surface area contributed by atoms with Gasteiger partial charge >= 0.3 is 0 Å². The molecule has 0 saturated heterocycles. The highest BCUT2D eigenvalue weighted by atomic mass is 16.5. The monoisotopic (exact) mass is 338 g/mol. The van der Waals surface area contributed by atoms with Crippen molar-refractivity contribution >= 4 is 16.8 Å². The highest BCUT2D eigenvalue weighted by Gasteiger charge is 2.22. The molecule has 3 aromatic rings. The normalized spacial score (nSPS) is 14.8. The number of rotatable bonds is 0. The summed E-state index contributed by atoms with van der Waals surface area (Å²) in [5.74, 6) is 7.82. The quantitative estimate of drug-likeness (QED) is 0.522. The highest BCUT2D eigenvalue weighted by Crippen LogP contribution is 2.46. The maximum Gasteiger partial charge on any atom is 0.149 e. The molecule has 0 saturated carbocycles. The fourth-order valence-electron chi connectivity index (χ4n) is 3.86. The lowest BCUT2D eigenvalue weighted by atomic mass is 9.86. The van der Waals surface area contributed by atoms with Crippen LogP contribution in [0.15, 0.2) is 54.6 Å². The van der Waals surface area contributed by atoms with E-state index in [0.29, 0.717) is 13.2 Å². The average Bonchev–Trinajstić information content (AvgIpc) is 2.70. The van der Waals surface area contributed by atoms with E-state index in [1.54, 1.807) is 0 Å². The molecule has 1 aliphatic heterocycles. The van der Waals surface area contributed by atoms with E-state index < -0.39 is 0 Å². The smallest absolute Gasteiger partial charge is 0.149 e. The first-order valence-electron chi connectivity index (χ1n) is 8.98. The lowest BCUT2D eigenvalue weighted by Gasteiger charge is -2.23. The summed E-state index contributed by atoms with van der Waals surface area (Å²) in [5.41, 5.74) is 4.87. The van der Waals surface area contributed by atoms with Crippen molar-refractivity contribution < 1.29 is 9.47 Å². The van der Waals surface area contributed by atoms with Crippen LogP contribution >= 0.6 is 0 Å². The van der Waals surface area contributed by atoms with Gasteiger partial charge in [-0.15, -0.1) is 0 Å². The van der Waals surface area contributed by atoms with Gasteiger partial charge in [-0.2, -0.15) is 0 Å². The van der Waals surface area contributed by atoms with Crippen LogP contribution in [0.25, 0.3) is 28.0 Å². The summed E-state index contributed by atoms with van der Waals surface area (Å²) in [6.07, 6.45) is 6.50. The average molecular weight is 338 g/mol. The molecule has 0 amide bonds. The lowest BCUT2D eigenvalue weighted by Crippen LogP contribution is -2.06. The third-order valence-corrected chi connectivity index (χ3v) is 5.03. The number of benzene rings is 3. The molecular weight excluding hydrogens is 320 g/mol. The SMILES string of the molecule is C1#CCOc2ccc3ccccc3c2-c2c(ccc3c2CCC=C3)OC1. The molecule has 0 bridgehead atoms. The van der Waals surface area contributed by atoms with Crippen LogP contribution in [0.4, 0.5) is 0 Å². The summed E-state index contributed by atoms with van der Waals surface area (Å²) in [6.45, 7) is 0.754. The van der Waals surface area contributed by atoms with E-state index in [1.807, 2.05) is 0 Å². The Morgan fingerprint density at radius 3 is 2.42 bits per heavy atom. The second kappa shape index (κ2) is 6.28. The van der Waals surface area contributed by atoms with Crippen LogP contribution in [0.5, 0.6) is 11.5 Å². The minimum Gasteiger partial charge on any atom is -0.480 e. The van der Waals surface area contributed by atoms with Crippen LogP contribution in [-0.2, 0) is 6.42 Å². The molecule has 0 spiro atoms. The summed E-state index contributed by atoms with van der Waals surface area (Å²) in [5, 5.41) is 2.39. The van der Waals surface area contributed by atoms with E-state index in [2.05, 4.69) is 72.5 Å². The highest BCUT2D eigenvalue weighted by molar-refractivity contribution is 6.02. The molecule has 0 fully saturated rings. The van der Waals surface area contributed by atoms with Crippen molar-refractivity contribution in [3.63, 3.8) is 0 Å². The van der Waals surface area contributed by atoms with Crippen LogP contribution < -0.4 is 9.47 Å². The number of hydrogen-bond acceptors (Lipinski definition) is 2. The largest absolute Gasteiger partial charge is 0.480 e. The van der Waals surface area contributed by atoms with E-state index in [-0.39, 0.29) is 0 Å². The molecule has 0 radical (unpaired) electrons. The molecule has 0 unspecified atom stereocenters. The molecule has 2 aliphatic rings. The minimum atomic E-state index is 0.374. The van der Waals surface area contributed by atoms with Gasteiger partial charge in [-0.1, -0.05) is 60.4 Å². The van der Waals surface area contributed by atoms with Crippen molar-refractivity contribution in [1.82, 2.24) is 0 Å². The molecule has 3 aromatic carbocycles. The maximum atomic E-state index is 6.08. The van der Waals surface area contributed by atoms with Gasteiger partial charge in [0, 0.05) is 11.1 Å². The van der Waals surface area contributed by atoms with Gasteiger partial charge in [0.2, 0.25) is 0 Å². The fraction of sp³-hybridized carbons (Fsp3) is 0.167. The minimum absolute atomic E-state index is 0.374. The van der Waals surface area contributed by atoms with Crippen molar-refractivity contribution in [3.8, 4) is 34.5 Å². The van der Waals surface area contributed by atoms with Crippen molar-refractivity contribution in [2.45, 2.75) is 12.8 Å². The van der Waals surface area contributed by atoms with Gasteiger partial charge in [-0.05, 0) is 46.9 Å². The molecule has 26 heavy (non-hydrogen) atoms. The Hall–Kier alpha value is -3.18. The fourth-order valence-corrected chi connectivity index (χ4v) is 3.86. The zero-order valence-corrected chi connectivity index (χ0v) is 14.4. The van der Waals surface area contributed by atoms with Gasteiger partial charge in [0.25, 0.3) is 0 Å². The van der Waals surface area contributed by atoms with E-state index in [9.17, 15) is 0 Å². The van der Waals surface area contributed by atoms with Crippen molar-refractivity contribution in [2.24, 2.45) is 0 Å². The molecule has 0 aromatic heterocycles. The van der Waals surface area contributed by atoms with Crippen LogP contribution in [0.1, 0.15) is 17.5 Å². The van der Waals surface area contributed by atoms with Crippen molar-refractivity contribution in [1.29, 1.82) is 0 Å². The first-order valence-corrected chi connectivity index (χ1v) is 8.98. The Balaban J connectivity index is 1.90. The Labute approximate surface area is 153 Å². The van der Waals surface area contributed by atoms with E-state index in [1.165, 1.54) is 21.9 Å². The molecule has 2 heteroatoms. The van der Waals surface area contributed by atoms with E-state index >= 15 is 0 Å². The second-order valence-electron chi connectivity index (χ2n) is 6.54. The van der Waals surface area contributed by atoms with Gasteiger partial charge in [0.15, 0.2) is 0 Å². The van der Waals surface area contributed by atoms with Gasteiger partial charge in [-0.25, -0.2) is 0 Å². The van der Waals surface area contributed by atoms with Crippen LogP contribution in [-0.4, -0.2) is 13.2 Å². The predicted octanol–water partition coefficient (Wildman–Crippen LogP) is 5.24. The number of allylic oxidation sites excluding steroid dienone is 1. The van der Waals surface area contributed by atoms with Gasteiger partial charge < -0.3 is 9.47 Å².